The van der Waals surface area contributed by atoms with E-state index in [0.29, 0.717) is 30.8 Å². The molecule has 38 heavy (non-hydrogen) atoms. The normalized spacial score (nSPS) is 20.1. The van der Waals surface area contributed by atoms with Crippen LogP contribution in [0.1, 0.15) is 45.9 Å². The van der Waals surface area contributed by atoms with E-state index in [-0.39, 0.29) is 24.3 Å². The lowest BCUT2D eigenvalue weighted by molar-refractivity contribution is -0.131. The number of nitrogens with zero attached hydrogens (tertiary/aromatic N) is 3. The van der Waals surface area contributed by atoms with Crippen molar-refractivity contribution in [2.24, 2.45) is 0 Å². The minimum Gasteiger partial charge on any atom is -0.444 e. The van der Waals surface area contributed by atoms with Gasteiger partial charge in [0.1, 0.15) is 17.5 Å². The van der Waals surface area contributed by atoms with Crippen molar-refractivity contribution < 1.29 is 23.5 Å². The minimum absolute atomic E-state index is 0.0932. The number of carbonyl (C=O) groups excluding carboxylic acids is 3. The van der Waals surface area contributed by atoms with Gasteiger partial charge < -0.3 is 14.5 Å². The molecule has 1 aromatic carbocycles. The fourth-order valence-electron chi connectivity index (χ4n) is 5.02. The van der Waals surface area contributed by atoms with Gasteiger partial charge in [-0.1, -0.05) is 24.3 Å². The van der Waals surface area contributed by atoms with Crippen LogP contribution in [-0.2, 0) is 20.7 Å². The van der Waals surface area contributed by atoms with E-state index in [9.17, 15) is 18.8 Å². The third kappa shape index (κ3) is 5.83. The third-order valence-electron chi connectivity index (χ3n) is 6.59. The van der Waals surface area contributed by atoms with Gasteiger partial charge in [-0.25, -0.2) is 9.18 Å². The van der Waals surface area contributed by atoms with Gasteiger partial charge in [-0.15, -0.1) is 11.3 Å². The molecule has 0 saturated carbocycles. The van der Waals surface area contributed by atoms with Crippen LogP contribution in [0.25, 0.3) is 0 Å². The SMILES string of the molecule is C/C=C\C1=C(C)N(C2CCN(C(=O)OC(C)(C)C)C2)C(=O)C1N(C(=O)Cc1cccs1)c1cccc(F)c1. The summed E-state index contributed by atoms with van der Waals surface area (Å²) < 4.78 is 19.9. The summed E-state index contributed by atoms with van der Waals surface area (Å²) in [6, 6.07) is 8.30. The van der Waals surface area contributed by atoms with E-state index in [1.54, 1.807) is 15.9 Å². The lowest BCUT2D eigenvalue weighted by Gasteiger charge is -2.31. The molecule has 0 radical (unpaired) electrons. The first-order chi connectivity index (χ1) is 18.0. The summed E-state index contributed by atoms with van der Waals surface area (Å²) in [5.74, 6) is -1.05. The molecule has 2 unspecified atom stereocenters. The van der Waals surface area contributed by atoms with Gasteiger partial charge in [0.15, 0.2) is 0 Å². The second kappa shape index (κ2) is 11.1. The van der Waals surface area contributed by atoms with Crippen LogP contribution in [0.2, 0.25) is 0 Å². The molecule has 2 aliphatic rings. The van der Waals surface area contributed by atoms with Gasteiger partial charge in [0.25, 0.3) is 5.91 Å². The van der Waals surface area contributed by atoms with Crippen molar-refractivity contribution in [3.63, 3.8) is 0 Å². The van der Waals surface area contributed by atoms with Gasteiger partial charge in [-0.05, 0) is 70.7 Å². The number of benzene rings is 1. The average molecular weight is 540 g/mol. The largest absolute Gasteiger partial charge is 0.444 e. The lowest BCUT2D eigenvalue weighted by atomic mass is 10.0. The number of halogens is 1. The number of carbonyl (C=O) groups is 3. The van der Waals surface area contributed by atoms with Gasteiger partial charge in [0.2, 0.25) is 5.91 Å². The summed E-state index contributed by atoms with van der Waals surface area (Å²) in [6.45, 7) is 9.95. The Bertz CT molecular complexity index is 1260. The molecule has 2 aliphatic heterocycles. The predicted octanol–water partition coefficient (Wildman–Crippen LogP) is 5.53. The van der Waals surface area contributed by atoms with Gasteiger partial charge in [-0.2, -0.15) is 0 Å². The van der Waals surface area contributed by atoms with E-state index in [4.69, 9.17) is 4.74 Å². The highest BCUT2D eigenvalue weighted by molar-refractivity contribution is 7.10. The molecular weight excluding hydrogens is 505 g/mol. The molecule has 1 saturated heterocycles. The number of allylic oxidation sites excluding steroid dienone is 2. The number of anilines is 1. The highest BCUT2D eigenvalue weighted by Crippen LogP contribution is 2.36. The fourth-order valence-corrected chi connectivity index (χ4v) is 5.71. The zero-order chi connectivity index (χ0) is 27.6. The first-order valence-corrected chi connectivity index (χ1v) is 13.6. The van der Waals surface area contributed by atoms with Crippen LogP contribution in [-0.4, -0.2) is 58.5 Å². The molecule has 9 heteroatoms. The van der Waals surface area contributed by atoms with Crippen LogP contribution >= 0.6 is 11.3 Å². The zero-order valence-electron chi connectivity index (χ0n) is 22.4. The monoisotopic (exact) mass is 539 g/mol. The molecule has 2 aromatic rings. The van der Waals surface area contributed by atoms with Crippen molar-refractivity contribution >= 4 is 34.9 Å². The number of hydrogen-bond donors (Lipinski definition) is 0. The Hall–Kier alpha value is -3.46. The fraction of sp³-hybridized carbons (Fsp3) is 0.414. The highest BCUT2D eigenvalue weighted by atomic mass is 32.1. The second-order valence-corrected chi connectivity index (χ2v) is 11.6. The Labute approximate surface area is 227 Å². The van der Waals surface area contributed by atoms with E-state index in [2.05, 4.69) is 0 Å². The summed E-state index contributed by atoms with van der Waals surface area (Å²) >= 11 is 1.46. The maximum atomic E-state index is 14.3. The van der Waals surface area contributed by atoms with E-state index in [1.807, 2.05) is 64.3 Å². The number of ether oxygens (including phenoxy) is 1. The Morgan fingerprint density at radius 1 is 1.24 bits per heavy atom. The van der Waals surface area contributed by atoms with E-state index in [0.717, 1.165) is 10.6 Å². The zero-order valence-corrected chi connectivity index (χ0v) is 23.3. The summed E-state index contributed by atoms with van der Waals surface area (Å²) in [5, 5.41) is 1.89. The summed E-state index contributed by atoms with van der Waals surface area (Å²) in [7, 11) is 0. The molecule has 3 amide bonds. The Morgan fingerprint density at radius 2 is 2.00 bits per heavy atom. The lowest BCUT2D eigenvalue weighted by Crippen LogP contribution is -2.50. The second-order valence-electron chi connectivity index (χ2n) is 10.5. The first kappa shape index (κ1) is 27.6. The van der Waals surface area contributed by atoms with Crippen molar-refractivity contribution in [2.75, 3.05) is 18.0 Å². The maximum Gasteiger partial charge on any atom is 0.410 e. The Kier molecular flexibility index (Phi) is 8.06. The molecule has 4 rings (SSSR count). The molecule has 1 aromatic heterocycles. The standard InChI is InChI=1S/C29H34FN3O4S/c1-6-9-24-19(2)32(22-13-14-31(18-22)28(36)37-29(3,4)5)27(35)26(24)33(21-11-7-10-20(30)16-21)25(34)17-23-12-8-15-38-23/h6-12,15-16,22,26H,13-14,17-18H2,1-5H3/b9-6-. The highest BCUT2D eigenvalue weighted by Gasteiger charge is 2.47. The van der Waals surface area contributed by atoms with Gasteiger partial charge in [0.05, 0.1) is 12.5 Å². The number of amides is 3. The van der Waals surface area contributed by atoms with Gasteiger partial charge in [-0.3, -0.25) is 14.5 Å². The van der Waals surface area contributed by atoms with Crippen LogP contribution in [0.4, 0.5) is 14.9 Å². The summed E-state index contributed by atoms with van der Waals surface area (Å²) in [5.41, 5.74) is 1.10. The summed E-state index contributed by atoms with van der Waals surface area (Å²) in [6.07, 6.45) is 3.93. The number of likely N-dealkylation sites (tertiary alicyclic amines) is 1. The molecule has 1 fully saturated rings. The topological polar surface area (TPSA) is 70.2 Å². The molecule has 7 nitrogen and oxygen atoms in total. The predicted molar refractivity (Wildman–Crippen MR) is 146 cm³/mol. The van der Waals surface area contributed by atoms with Crippen LogP contribution in [0, 0.1) is 5.82 Å². The van der Waals surface area contributed by atoms with Gasteiger partial charge in [0, 0.05) is 34.9 Å². The van der Waals surface area contributed by atoms with Crippen molar-refractivity contribution in [3.05, 3.63) is 75.9 Å². The van der Waals surface area contributed by atoms with Crippen molar-refractivity contribution in [3.8, 4) is 0 Å². The average Bonchev–Trinajstić information content (AvgIpc) is 3.56. The third-order valence-corrected chi connectivity index (χ3v) is 7.47. The summed E-state index contributed by atoms with van der Waals surface area (Å²) in [4.78, 5) is 46.1. The van der Waals surface area contributed by atoms with E-state index < -0.39 is 23.6 Å². The molecule has 0 spiro atoms. The van der Waals surface area contributed by atoms with Crippen LogP contribution in [0.3, 0.4) is 0 Å². The van der Waals surface area contributed by atoms with Crippen LogP contribution in [0.15, 0.2) is 65.2 Å². The molecule has 0 N–H and O–H groups in total. The quantitative estimate of drug-likeness (QED) is 0.484. The van der Waals surface area contributed by atoms with Crippen molar-refractivity contribution in [1.29, 1.82) is 0 Å². The smallest absolute Gasteiger partial charge is 0.410 e. The molecule has 2 atom stereocenters. The molecule has 0 bridgehead atoms. The number of thiophene rings is 1. The van der Waals surface area contributed by atoms with Gasteiger partial charge >= 0.3 is 6.09 Å². The molecule has 3 heterocycles. The Balaban J connectivity index is 1.68. The first-order valence-electron chi connectivity index (χ1n) is 12.7. The Morgan fingerprint density at radius 3 is 2.63 bits per heavy atom. The van der Waals surface area contributed by atoms with E-state index >= 15 is 0 Å². The minimum atomic E-state index is -0.948. The van der Waals surface area contributed by atoms with Crippen LogP contribution < -0.4 is 4.90 Å². The van der Waals surface area contributed by atoms with Crippen LogP contribution in [0.5, 0.6) is 0 Å². The van der Waals surface area contributed by atoms with Crippen molar-refractivity contribution in [2.45, 2.75) is 65.1 Å². The van der Waals surface area contributed by atoms with Crippen molar-refractivity contribution in [1.82, 2.24) is 9.80 Å². The van der Waals surface area contributed by atoms with E-state index in [1.165, 1.54) is 34.4 Å². The molecule has 0 aliphatic carbocycles. The number of rotatable bonds is 6. The molecule has 202 valence electrons. The maximum absolute atomic E-state index is 14.3. The number of hydrogen-bond acceptors (Lipinski definition) is 5. The molecular formula is C29H34FN3O4S.